The largest absolute Gasteiger partial charge is 0.508 e. The van der Waals surface area contributed by atoms with E-state index in [9.17, 15) is 5.11 Å². The van der Waals surface area contributed by atoms with Gasteiger partial charge in [-0.25, -0.2) is 4.98 Å². The zero-order valence-corrected chi connectivity index (χ0v) is 14.7. The van der Waals surface area contributed by atoms with E-state index in [1.165, 1.54) is 10.6 Å². The summed E-state index contributed by atoms with van der Waals surface area (Å²) in [5.74, 6) is 0.287. The number of rotatable bonds is 3. The van der Waals surface area contributed by atoms with Crippen molar-refractivity contribution >= 4 is 16.3 Å². The molecule has 1 N–H and O–H groups in total. The summed E-state index contributed by atoms with van der Waals surface area (Å²) in [7, 11) is 0. The summed E-state index contributed by atoms with van der Waals surface area (Å²) in [6, 6.07) is 7.36. The summed E-state index contributed by atoms with van der Waals surface area (Å²) in [6.07, 6.45) is 2.17. The molecule has 0 aliphatic carbocycles. The van der Waals surface area contributed by atoms with Crippen molar-refractivity contribution in [3.8, 4) is 5.75 Å². The fourth-order valence-electron chi connectivity index (χ4n) is 3.28. The zero-order valence-electron chi connectivity index (χ0n) is 13.9. The smallest absolute Gasteiger partial charge is 0.194 e. The molecular formula is C18H21N3O2S. The lowest BCUT2D eigenvalue weighted by molar-refractivity contribution is -0.0334. The molecule has 5 nitrogen and oxygen atoms in total. The molecule has 126 valence electrons. The van der Waals surface area contributed by atoms with Gasteiger partial charge in [-0.3, -0.25) is 9.30 Å². The second-order valence-electron chi connectivity index (χ2n) is 6.33. The molecule has 1 aliphatic heterocycles. The molecule has 6 heteroatoms. The zero-order chi connectivity index (χ0) is 16.7. The molecule has 4 rings (SSSR count). The second kappa shape index (κ2) is 6.20. The molecule has 0 radical (unpaired) electrons. The Morgan fingerprint density at radius 3 is 3.08 bits per heavy atom. The summed E-state index contributed by atoms with van der Waals surface area (Å²) >= 11 is 1.73. The number of nitrogens with zero attached hydrogens (tertiary/aromatic N) is 3. The van der Waals surface area contributed by atoms with Crippen LogP contribution in [0.15, 0.2) is 30.5 Å². The molecule has 24 heavy (non-hydrogen) atoms. The summed E-state index contributed by atoms with van der Waals surface area (Å²) in [6.45, 7) is 7.48. The molecule has 3 aromatic rings. The third-order valence-electron chi connectivity index (χ3n) is 4.51. The van der Waals surface area contributed by atoms with Crippen molar-refractivity contribution in [1.82, 2.24) is 14.3 Å². The van der Waals surface area contributed by atoms with Gasteiger partial charge in [-0.1, -0.05) is 12.1 Å². The molecule has 3 heterocycles. The van der Waals surface area contributed by atoms with E-state index in [0.29, 0.717) is 6.61 Å². The lowest BCUT2D eigenvalue weighted by Crippen LogP contribution is -2.38. The minimum Gasteiger partial charge on any atom is -0.508 e. The van der Waals surface area contributed by atoms with E-state index < -0.39 is 0 Å². The monoisotopic (exact) mass is 343 g/mol. The van der Waals surface area contributed by atoms with Crippen LogP contribution in [0.1, 0.15) is 27.9 Å². The molecule has 0 amide bonds. The number of fused-ring (bicyclic) bond motifs is 1. The lowest BCUT2D eigenvalue weighted by Gasteiger charge is -2.33. The van der Waals surface area contributed by atoms with Gasteiger partial charge in [0.2, 0.25) is 0 Å². The van der Waals surface area contributed by atoms with Crippen LogP contribution in [0.2, 0.25) is 0 Å². The van der Waals surface area contributed by atoms with E-state index in [4.69, 9.17) is 4.74 Å². The minimum absolute atomic E-state index is 0.00113. The van der Waals surface area contributed by atoms with Gasteiger partial charge < -0.3 is 9.84 Å². The lowest BCUT2D eigenvalue weighted by atomic mass is 10.1. The highest BCUT2D eigenvalue weighted by atomic mass is 32.1. The van der Waals surface area contributed by atoms with E-state index in [2.05, 4.69) is 34.3 Å². The summed E-state index contributed by atoms with van der Waals surface area (Å²) < 4.78 is 8.13. The summed E-state index contributed by atoms with van der Waals surface area (Å²) in [5, 5.41) is 9.69. The van der Waals surface area contributed by atoms with E-state index in [-0.39, 0.29) is 11.9 Å². The van der Waals surface area contributed by atoms with Crippen molar-refractivity contribution in [3.05, 3.63) is 52.3 Å². The van der Waals surface area contributed by atoms with Crippen LogP contribution in [0.3, 0.4) is 0 Å². The molecule has 0 saturated carbocycles. The van der Waals surface area contributed by atoms with Gasteiger partial charge in [-0.2, -0.15) is 0 Å². The van der Waals surface area contributed by atoms with Gasteiger partial charge in [0.15, 0.2) is 4.96 Å². The predicted molar refractivity (Wildman–Crippen MR) is 94.6 cm³/mol. The number of aromatic hydroxyl groups is 1. The summed E-state index contributed by atoms with van der Waals surface area (Å²) in [5.41, 5.74) is 3.38. The molecule has 0 spiro atoms. The first-order valence-corrected chi connectivity index (χ1v) is 8.98. The number of thiazole rings is 1. The van der Waals surface area contributed by atoms with E-state index >= 15 is 0 Å². The van der Waals surface area contributed by atoms with Crippen molar-refractivity contribution in [3.63, 3.8) is 0 Å². The van der Waals surface area contributed by atoms with Crippen LogP contribution in [-0.4, -0.2) is 39.1 Å². The number of aryl methyl sites for hydroxylation is 2. The third kappa shape index (κ3) is 2.92. The number of hydrogen-bond acceptors (Lipinski definition) is 5. The first-order chi connectivity index (χ1) is 11.6. The topological polar surface area (TPSA) is 50.0 Å². The Kier molecular flexibility index (Phi) is 4.04. The van der Waals surface area contributed by atoms with Gasteiger partial charge in [0.05, 0.1) is 24.1 Å². The Morgan fingerprint density at radius 1 is 1.38 bits per heavy atom. The van der Waals surface area contributed by atoms with Gasteiger partial charge in [0.25, 0.3) is 0 Å². The van der Waals surface area contributed by atoms with E-state index in [1.807, 2.05) is 12.1 Å². The Balaban J connectivity index is 1.55. The normalized spacial score (nSPS) is 19.2. The van der Waals surface area contributed by atoms with Crippen LogP contribution >= 0.6 is 11.3 Å². The quantitative estimate of drug-likeness (QED) is 0.793. The fraction of sp³-hybridized carbons (Fsp3) is 0.389. The van der Waals surface area contributed by atoms with E-state index in [1.54, 1.807) is 23.5 Å². The number of ether oxygens (including phenoxy) is 1. The average Bonchev–Trinajstić information content (AvgIpc) is 3.05. The van der Waals surface area contributed by atoms with Crippen molar-refractivity contribution in [2.45, 2.75) is 26.5 Å². The van der Waals surface area contributed by atoms with Crippen LogP contribution in [0.4, 0.5) is 0 Å². The standard InChI is InChI=1S/C18H21N3O2S/c1-12-9-21-16(13(2)19-18(21)24-12)10-20-6-7-23-17(11-20)14-4-3-5-15(22)8-14/h3-5,8-9,17,22H,6-7,10-11H2,1-2H3/t17-/m1/s1. The maximum atomic E-state index is 9.69. The molecule has 0 unspecified atom stereocenters. The van der Waals surface area contributed by atoms with Gasteiger partial charge in [0.1, 0.15) is 5.75 Å². The molecular weight excluding hydrogens is 322 g/mol. The third-order valence-corrected chi connectivity index (χ3v) is 5.40. The minimum atomic E-state index is -0.00113. The fourth-order valence-corrected chi connectivity index (χ4v) is 4.17. The van der Waals surface area contributed by atoms with Gasteiger partial charge in [-0.15, -0.1) is 11.3 Å². The van der Waals surface area contributed by atoms with Crippen molar-refractivity contribution in [2.24, 2.45) is 0 Å². The molecule has 0 bridgehead atoms. The number of morpholine rings is 1. The second-order valence-corrected chi connectivity index (χ2v) is 7.54. The first-order valence-electron chi connectivity index (χ1n) is 8.17. The predicted octanol–water partition coefficient (Wildman–Crippen LogP) is 3.29. The molecule has 1 saturated heterocycles. The molecule has 1 aromatic carbocycles. The van der Waals surface area contributed by atoms with E-state index in [0.717, 1.165) is 35.9 Å². The molecule has 2 aromatic heterocycles. The van der Waals surface area contributed by atoms with Gasteiger partial charge in [0, 0.05) is 30.7 Å². The SMILES string of the molecule is Cc1cn2c(CN3CCO[C@@H](c4cccc(O)c4)C3)c(C)nc2s1. The Labute approximate surface area is 145 Å². The van der Waals surface area contributed by atoms with Gasteiger partial charge in [-0.05, 0) is 31.5 Å². The number of phenolic OH excluding ortho intramolecular Hbond substituents is 1. The van der Waals surface area contributed by atoms with Crippen LogP contribution < -0.4 is 0 Å². The summed E-state index contributed by atoms with van der Waals surface area (Å²) in [4.78, 5) is 9.43. The van der Waals surface area contributed by atoms with Crippen molar-refractivity contribution < 1.29 is 9.84 Å². The number of benzene rings is 1. The average molecular weight is 343 g/mol. The van der Waals surface area contributed by atoms with Crippen LogP contribution in [0, 0.1) is 13.8 Å². The Morgan fingerprint density at radius 2 is 2.25 bits per heavy atom. The van der Waals surface area contributed by atoms with Gasteiger partial charge >= 0.3 is 0 Å². The molecule has 1 fully saturated rings. The highest BCUT2D eigenvalue weighted by Gasteiger charge is 2.24. The number of hydrogen-bond donors (Lipinski definition) is 1. The van der Waals surface area contributed by atoms with Crippen molar-refractivity contribution in [1.29, 1.82) is 0 Å². The Bertz CT molecular complexity index is 870. The van der Waals surface area contributed by atoms with Crippen molar-refractivity contribution in [2.75, 3.05) is 19.7 Å². The molecule has 1 aliphatic rings. The highest BCUT2D eigenvalue weighted by molar-refractivity contribution is 7.17. The van der Waals surface area contributed by atoms with Crippen LogP contribution in [0.5, 0.6) is 5.75 Å². The highest BCUT2D eigenvalue weighted by Crippen LogP contribution is 2.27. The Hall–Kier alpha value is -1.89. The maximum Gasteiger partial charge on any atom is 0.194 e. The first kappa shape index (κ1) is 15.6. The molecule has 1 atom stereocenters. The number of aromatic nitrogens is 2. The van der Waals surface area contributed by atoms with Crippen LogP contribution in [0.25, 0.3) is 4.96 Å². The number of phenols is 1. The van der Waals surface area contributed by atoms with Crippen LogP contribution in [-0.2, 0) is 11.3 Å². The number of imidazole rings is 1. The maximum absolute atomic E-state index is 9.69.